The van der Waals surface area contributed by atoms with Crippen LogP contribution in [0.4, 0.5) is 5.95 Å². The zero-order chi connectivity index (χ0) is 14.9. The molecule has 0 N–H and O–H groups in total. The fourth-order valence-corrected chi connectivity index (χ4v) is 3.31. The molecule has 1 aromatic heterocycles. The number of carbonyl (C=O) groups is 1. The van der Waals surface area contributed by atoms with Crippen molar-refractivity contribution >= 4 is 11.9 Å². The summed E-state index contributed by atoms with van der Waals surface area (Å²) in [6, 6.07) is 0. The standard InChI is InChI=1S/C16H22N4O2/c21-15(12-2-1-3-12)20-5-4-13-10-17-16(18-14(13)11-20)19-6-8-22-9-7-19/h10,12H,1-9,11H2. The number of carbonyl (C=O) groups excluding carboxylic acids is 1. The number of fused-ring (bicyclic) bond motifs is 1. The van der Waals surface area contributed by atoms with E-state index in [0.717, 1.165) is 63.8 Å². The zero-order valence-corrected chi connectivity index (χ0v) is 12.8. The molecule has 3 aliphatic rings. The number of hydrogen-bond acceptors (Lipinski definition) is 5. The lowest BCUT2D eigenvalue weighted by atomic mass is 9.84. The van der Waals surface area contributed by atoms with Gasteiger partial charge < -0.3 is 14.5 Å². The lowest BCUT2D eigenvalue weighted by molar-refractivity contribution is -0.139. The van der Waals surface area contributed by atoms with Crippen molar-refractivity contribution in [3.63, 3.8) is 0 Å². The minimum Gasteiger partial charge on any atom is -0.378 e. The highest BCUT2D eigenvalue weighted by atomic mass is 16.5. The molecule has 0 unspecified atom stereocenters. The second-order valence-electron chi connectivity index (χ2n) is 6.38. The van der Waals surface area contributed by atoms with Crippen LogP contribution >= 0.6 is 0 Å². The first-order valence-corrected chi connectivity index (χ1v) is 8.27. The Kier molecular flexibility index (Phi) is 3.70. The molecule has 0 bridgehead atoms. The van der Waals surface area contributed by atoms with Gasteiger partial charge in [-0.25, -0.2) is 9.97 Å². The fourth-order valence-electron chi connectivity index (χ4n) is 3.31. The molecule has 118 valence electrons. The number of anilines is 1. The van der Waals surface area contributed by atoms with Crippen LogP contribution in [0.3, 0.4) is 0 Å². The molecule has 2 aliphatic heterocycles. The summed E-state index contributed by atoms with van der Waals surface area (Å²) in [5, 5.41) is 0. The molecule has 0 atom stereocenters. The molecule has 1 aromatic rings. The van der Waals surface area contributed by atoms with Gasteiger partial charge in [0.25, 0.3) is 0 Å². The van der Waals surface area contributed by atoms with E-state index in [2.05, 4.69) is 9.88 Å². The summed E-state index contributed by atoms with van der Waals surface area (Å²) in [4.78, 5) is 25.8. The second kappa shape index (κ2) is 5.83. The minimum atomic E-state index is 0.266. The molecule has 6 heteroatoms. The summed E-state index contributed by atoms with van der Waals surface area (Å²) >= 11 is 0. The maximum atomic E-state index is 12.4. The number of aromatic nitrogens is 2. The Morgan fingerprint density at radius 3 is 2.77 bits per heavy atom. The van der Waals surface area contributed by atoms with Crippen molar-refractivity contribution < 1.29 is 9.53 Å². The maximum Gasteiger partial charge on any atom is 0.226 e. The van der Waals surface area contributed by atoms with E-state index in [9.17, 15) is 4.79 Å². The normalized spacial score (nSPS) is 22.2. The van der Waals surface area contributed by atoms with Crippen LogP contribution in [0.15, 0.2) is 6.20 Å². The third-order valence-electron chi connectivity index (χ3n) is 4.99. The van der Waals surface area contributed by atoms with Gasteiger partial charge in [-0.05, 0) is 24.8 Å². The van der Waals surface area contributed by atoms with Gasteiger partial charge in [-0.2, -0.15) is 0 Å². The summed E-state index contributed by atoms with van der Waals surface area (Å²) in [6.45, 7) is 4.58. The van der Waals surface area contributed by atoms with Gasteiger partial charge in [0.1, 0.15) is 0 Å². The van der Waals surface area contributed by atoms with Crippen LogP contribution < -0.4 is 4.90 Å². The van der Waals surface area contributed by atoms with E-state index in [1.54, 1.807) is 0 Å². The lowest BCUT2D eigenvalue weighted by Gasteiger charge is -2.35. The average Bonchev–Trinajstić information content (AvgIpc) is 2.53. The van der Waals surface area contributed by atoms with Crippen LogP contribution in [0.25, 0.3) is 0 Å². The first-order chi connectivity index (χ1) is 10.8. The fraction of sp³-hybridized carbons (Fsp3) is 0.688. The third-order valence-corrected chi connectivity index (χ3v) is 4.99. The molecule has 4 rings (SSSR count). The number of hydrogen-bond donors (Lipinski definition) is 0. The van der Waals surface area contributed by atoms with E-state index in [0.29, 0.717) is 12.5 Å². The smallest absolute Gasteiger partial charge is 0.226 e. The number of amides is 1. The quantitative estimate of drug-likeness (QED) is 0.815. The van der Waals surface area contributed by atoms with Gasteiger partial charge in [0.15, 0.2) is 0 Å². The van der Waals surface area contributed by atoms with Gasteiger partial charge in [-0.1, -0.05) is 6.42 Å². The lowest BCUT2D eigenvalue weighted by Crippen LogP contribution is -2.42. The van der Waals surface area contributed by atoms with Crippen LogP contribution in [0.2, 0.25) is 0 Å². The highest BCUT2D eigenvalue weighted by molar-refractivity contribution is 5.79. The molecule has 3 heterocycles. The molecule has 1 saturated carbocycles. The number of nitrogens with zero attached hydrogens (tertiary/aromatic N) is 4. The van der Waals surface area contributed by atoms with E-state index in [1.807, 2.05) is 11.1 Å². The van der Waals surface area contributed by atoms with E-state index >= 15 is 0 Å². The average molecular weight is 302 g/mol. The van der Waals surface area contributed by atoms with Crippen molar-refractivity contribution in [2.75, 3.05) is 37.7 Å². The molecule has 2 fully saturated rings. The van der Waals surface area contributed by atoms with Crippen molar-refractivity contribution in [1.29, 1.82) is 0 Å². The predicted molar refractivity (Wildman–Crippen MR) is 81.5 cm³/mol. The minimum absolute atomic E-state index is 0.266. The molecule has 1 saturated heterocycles. The highest BCUT2D eigenvalue weighted by Crippen LogP contribution is 2.30. The van der Waals surface area contributed by atoms with Gasteiger partial charge in [0, 0.05) is 31.7 Å². The van der Waals surface area contributed by atoms with Crippen LogP contribution in [-0.4, -0.2) is 53.6 Å². The van der Waals surface area contributed by atoms with E-state index in [4.69, 9.17) is 9.72 Å². The van der Waals surface area contributed by atoms with Crippen LogP contribution in [0.1, 0.15) is 30.5 Å². The SMILES string of the molecule is O=C(C1CCC1)N1CCc2cnc(N3CCOCC3)nc2C1. The summed E-state index contributed by atoms with van der Waals surface area (Å²) in [6.07, 6.45) is 6.13. The largest absolute Gasteiger partial charge is 0.378 e. The Bertz CT molecular complexity index is 567. The van der Waals surface area contributed by atoms with Gasteiger partial charge in [-0.3, -0.25) is 4.79 Å². The summed E-state index contributed by atoms with van der Waals surface area (Å²) in [5.41, 5.74) is 2.21. The Balaban J connectivity index is 1.50. The second-order valence-corrected chi connectivity index (χ2v) is 6.38. The molecule has 22 heavy (non-hydrogen) atoms. The highest BCUT2D eigenvalue weighted by Gasteiger charge is 2.31. The van der Waals surface area contributed by atoms with Gasteiger partial charge in [0.2, 0.25) is 11.9 Å². The van der Waals surface area contributed by atoms with Crippen molar-refractivity contribution in [2.45, 2.75) is 32.2 Å². The third kappa shape index (κ3) is 2.56. The first kappa shape index (κ1) is 13.9. The molecule has 6 nitrogen and oxygen atoms in total. The number of morpholine rings is 1. The van der Waals surface area contributed by atoms with E-state index in [-0.39, 0.29) is 5.92 Å². The Morgan fingerprint density at radius 1 is 1.23 bits per heavy atom. The van der Waals surface area contributed by atoms with Crippen molar-refractivity contribution in [1.82, 2.24) is 14.9 Å². The van der Waals surface area contributed by atoms with Crippen LogP contribution in [-0.2, 0) is 22.5 Å². The maximum absolute atomic E-state index is 12.4. The molecule has 0 radical (unpaired) electrons. The summed E-state index contributed by atoms with van der Waals surface area (Å²) in [7, 11) is 0. The molecule has 1 amide bonds. The predicted octanol–water partition coefficient (Wildman–Crippen LogP) is 0.998. The summed E-state index contributed by atoms with van der Waals surface area (Å²) < 4.78 is 5.38. The first-order valence-electron chi connectivity index (χ1n) is 8.27. The number of rotatable bonds is 2. The Hall–Kier alpha value is -1.69. The Labute approximate surface area is 130 Å². The van der Waals surface area contributed by atoms with E-state index < -0.39 is 0 Å². The number of ether oxygens (including phenoxy) is 1. The van der Waals surface area contributed by atoms with Gasteiger partial charge in [-0.15, -0.1) is 0 Å². The Morgan fingerprint density at radius 2 is 2.05 bits per heavy atom. The molecular weight excluding hydrogens is 280 g/mol. The van der Waals surface area contributed by atoms with Crippen LogP contribution in [0, 0.1) is 5.92 Å². The molecule has 0 aromatic carbocycles. The van der Waals surface area contributed by atoms with Crippen molar-refractivity contribution in [3.8, 4) is 0 Å². The topological polar surface area (TPSA) is 58.6 Å². The molecule has 0 spiro atoms. The zero-order valence-electron chi connectivity index (χ0n) is 12.8. The molecular formula is C16H22N4O2. The summed E-state index contributed by atoms with van der Waals surface area (Å²) in [5.74, 6) is 1.37. The van der Waals surface area contributed by atoms with Crippen molar-refractivity contribution in [3.05, 3.63) is 17.5 Å². The van der Waals surface area contributed by atoms with Crippen molar-refractivity contribution in [2.24, 2.45) is 5.92 Å². The van der Waals surface area contributed by atoms with Gasteiger partial charge in [0.05, 0.1) is 25.5 Å². The van der Waals surface area contributed by atoms with E-state index in [1.165, 1.54) is 12.0 Å². The van der Waals surface area contributed by atoms with Gasteiger partial charge >= 0.3 is 0 Å². The monoisotopic (exact) mass is 302 g/mol. The van der Waals surface area contributed by atoms with Crippen LogP contribution in [0.5, 0.6) is 0 Å². The molecule has 1 aliphatic carbocycles.